The lowest BCUT2D eigenvalue weighted by molar-refractivity contribution is -0.0429. The van der Waals surface area contributed by atoms with Gasteiger partial charge < -0.3 is 20.7 Å². The molecule has 1 saturated heterocycles. The SMILES string of the molecule is Nc1ncnc2c1ncn2[C@@H]1O[C@H](CO)[C@@H](O)[C@@H]1I. The number of hydrogen-bond donors (Lipinski definition) is 3. The molecule has 9 heteroatoms. The molecule has 0 aromatic carbocycles. The first-order valence-electron chi connectivity index (χ1n) is 5.65. The number of halogens is 1. The van der Waals surface area contributed by atoms with Crippen molar-refractivity contribution in [2.45, 2.75) is 22.4 Å². The van der Waals surface area contributed by atoms with E-state index in [4.69, 9.17) is 15.6 Å². The van der Waals surface area contributed by atoms with Crippen molar-refractivity contribution >= 4 is 39.6 Å². The van der Waals surface area contributed by atoms with Crippen LogP contribution in [0.15, 0.2) is 12.7 Å². The summed E-state index contributed by atoms with van der Waals surface area (Å²) in [4.78, 5) is 12.2. The summed E-state index contributed by atoms with van der Waals surface area (Å²) in [7, 11) is 0. The van der Waals surface area contributed by atoms with Gasteiger partial charge in [0, 0.05) is 0 Å². The molecule has 0 spiro atoms. The molecule has 3 heterocycles. The highest BCUT2D eigenvalue weighted by molar-refractivity contribution is 14.1. The van der Waals surface area contributed by atoms with Gasteiger partial charge in [0.15, 0.2) is 17.7 Å². The van der Waals surface area contributed by atoms with Gasteiger partial charge in [-0.2, -0.15) is 0 Å². The van der Waals surface area contributed by atoms with Crippen molar-refractivity contribution in [1.29, 1.82) is 0 Å². The number of hydrogen-bond acceptors (Lipinski definition) is 7. The van der Waals surface area contributed by atoms with Crippen molar-refractivity contribution in [3.8, 4) is 0 Å². The highest BCUT2D eigenvalue weighted by Gasteiger charge is 2.43. The van der Waals surface area contributed by atoms with Crippen LogP contribution in [0, 0.1) is 0 Å². The summed E-state index contributed by atoms with van der Waals surface area (Å²) < 4.78 is 7.12. The molecule has 0 unspecified atom stereocenters. The van der Waals surface area contributed by atoms with Gasteiger partial charge in [0.25, 0.3) is 0 Å². The second-order valence-electron chi connectivity index (χ2n) is 4.27. The van der Waals surface area contributed by atoms with E-state index in [1.54, 1.807) is 10.9 Å². The maximum Gasteiger partial charge on any atom is 0.167 e. The number of ether oxygens (including phenoxy) is 1. The predicted molar refractivity (Wildman–Crippen MR) is 74.5 cm³/mol. The Hall–Kier alpha value is -1.04. The van der Waals surface area contributed by atoms with Crippen molar-refractivity contribution in [1.82, 2.24) is 19.5 Å². The Balaban J connectivity index is 2.04. The predicted octanol–water partition coefficient (Wildman–Crippen LogP) is -0.537. The maximum absolute atomic E-state index is 9.97. The lowest BCUT2D eigenvalue weighted by Crippen LogP contribution is -2.29. The second-order valence-corrected chi connectivity index (χ2v) is 5.70. The Kier molecular flexibility index (Phi) is 3.28. The van der Waals surface area contributed by atoms with Gasteiger partial charge in [-0.1, -0.05) is 22.6 Å². The minimum Gasteiger partial charge on any atom is -0.394 e. The fraction of sp³-hybridized carbons (Fsp3) is 0.500. The van der Waals surface area contributed by atoms with Crippen LogP contribution in [0.1, 0.15) is 6.23 Å². The number of imidazole rings is 1. The number of nitrogens with zero attached hydrogens (tertiary/aromatic N) is 4. The van der Waals surface area contributed by atoms with Gasteiger partial charge >= 0.3 is 0 Å². The van der Waals surface area contributed by atoms with Crippen molar-refractivity contribution < 1.29 is 14.9 Å². The third-order valence-corrected chi connectivity index (χ3v) is 4.49. The molecule has 0 radical (unpaired) electrons. The third kappa shape index (κ3) is 1.96. The molecule has 1 aliphatic heterocycles. The van der Waals surface area contributed by atoms with Crippen LogP contribution in [-0.4, -0.2) is 52.5 Å². The first-order chi connectivity index (χ1) is 9.13. The number of fused-ring (bicyclic) bond motifs is 1. The van der Waals surface area contributed by atoms with E-state index in [-0.39, 0.29) is 10.5 Å². The summed E-state index contributed by atoms with van der Waals surface area (Å²) in [6.45, 7) is -0.235. The molecule has 2 aromatic rings. The minimum absolute atomic E-state index is 0.219. The van der Waals surface area contributed by atoms with Crippen molar-refractivity contribution in [3.05, 3.63) is 12.7 Å². The van der Waals surface area contributed by atoms with E-state index >= 15 is 0 Å². The molecule has 4 N–H and O–H groups in total. The number of aliphatic hydroxyl groups is 2. The standard InChI is InChI=1S/C10H12IN5O3/c11-5-7(18)4(1-17)19-10(5)16-3-15-6-8(12)13-2-14-9(6)16/h2-5,7,10,17-18H,1H2,(H2,12,13,14)/t4-,5+,7-,10-/m1/s1. The van der Waals surface area contributed by atoms with Gasteiger partial charge in [-0.25, -0.2) is 15.0 Å². The summed E-state index contributed by atoms with van der Waals surface area (Å²) in [6, 6.07) is 0. The molecular weight excluding hydrogens is 365 g/mol. The third-order valence-electron chi connectivity index (χ3n) is 3.13. The average molecular weight is 377 g/mol. The molecule has 1 aliphatic rings. The number of rotatable bonds is 2. The van der Waals surface area contributed by atoms with Crippen LogP contribution in [-0.2, 0) is 4.74 Å². The van der Waals surface area contributed by atoms with E-state index in [1.165, 1.54) is 6.33 Å². The summed E-state index contributed by atoms with van der Waals surface area (Å²) in [5.74, 6) is 0.297. The summed E-state index contributed by atoms with van der Waals surface area (Å²) in [6.07, 6.45) is 1.11. The molecule has 1 fully saturated rings. The Morgan fingerprint density at radius 2 is 2.21 bits per heavy atom. The van der Waals surface area contributed by atoms with Crippen molar-refractivity contribution in [3.63, 3.8) is 0 Å². The number of anilines is 1. The fourth-order valence-electron chi connectivity index (χ4n) is 2.13. The molecule has 0 bridgehead atoms. The summed E-state index contributed by atoms with van der Waals surface area (Å²) in [5.41, 5.74) is 6.77. The highest BCUT2D eigenvalue weighted by Crippen LogP contribution is 2.36. The number of alkyl halides is 1. The van der Waals surface area contributed by atoms with Gasteiger partial charge in [0.2, 0.25) is 0 Å². The fourth-order valence-corrected chi connectivity index (χ4v) is 3.11. The normalized spacial score (nSPS) is 31.1. The summed E-state index contributed by atoms with van der Waals surface area (Å²) in [5, 5.41) is 19.1. The molecular formula is C10H12IN5O3. The molecule has 102 valence electrons. The van der Waals surface area contributed by atoms with Gasteiger partial charge in [0.05, 0.1) is 23.0 Å². The molecule has 2 aromatic heterocycles. The van der Waals surface area contributed by atoms with Crippen molar-refractivity contribution in [2.24, 2.45) is 0 Å². The Morgan fingerprint density at radius 1 is 1.42 bits per heavy atom. The van der Waals surface area contributed by atoms with Gasteiger partial charge in [-0.3, -0.25) is 4.57 Å². The summed E-state index contributed by atoms with van der Waals surface area (Å²) >= 11 is 2.09. The molecule has 0 amide bonds. The Morgan fingerprint density at radius 3 is 2.89 bits per heavy atom. The first kappa shape index (κ1) is 13.0. The van der Waals surface area contributed by atoms with Crippen LogP contribution < -0.4 is 5.73 Å². The van der Waals surface area contributed by atoms with Crippen LogP contribution in [0.5, 0.6) is 0 Å². The van der Waals surface area contributed by atoms with Crippen LogP contribution in [0.2, 0.25) is 0 Å². The molecule has 0 saturated carbocycles. The van der Waals surface area contributed by atoms with E-state index in [9.17, 15) is 5.11 Å². The van der Waals surface area contributed by atoms with E-state index in [2.05, 4.69) is 37.5 Å². The lowest BCUT2D eigenvalue weighted by atomic mass is 10.2. The molecule has 4 atom stereocenters. The second kappa shape index (κ2) is 4.81. The van der Waals surface area contributed by atoms with E-state index in [0.717, 1.165) is 0 Å². The van der Waals surface area contributed by atoms with Gasteiger partial charge in [0.1, 0.15) is 17.9 Å². The van der Waals surface area contributed by atoms with Crippen LogP contribution in [0.25, 0.3) is 11.2 Å². The average Bonchev–Trinajstić information content (AvgIpc) is 2.94. The topological polar surface area (TPSA) is 119 Å². The minimum atomic E-state index is -0.743. The molecule has 0 aliphatic carbocycles. The van der Waals surface area contributed by atoms with Crippen LogP contribution in [0.4, 0.5) is 5.82 Å². The zero-order valence-electron chi connectivity index (χ0n) is 9.72. The Bertz CT molecular complexity index is 606. The molecule has 19 heavy (non-hydrogen) atoms. The highest BCUT2D eigenvalue weighted by atomic mass is 127. The Labute approximate surface area is 121 Å². The number of aromatic nitrogens is 4. The van der Waals surface area contributed by atoms with Crippen LogP contribution >= 0.6 is 22.6 Å². The zero-order chi connectivity index (χ0) is 13.6. The van der Waals surface area contributed by atoms with Gasteiger partial charge in [-0.05, 0) is 0 Å². The van der Waals surface area contributed by atoms with E-state index in [0.29, 0.717) is 17.0 Å². The number of nitrogen functional groups attached to an aromatic ring is 1. The van der Waals surface area contributed by atoms with Crippen LogP contribution in [0.3, 0.4) is 0 Å². The largest absolute Gasteiger partial charge is 0.394 e. The zero-order valence-corrected chi connectivity index (χ0v) is 11.9. The molecule has 3 rings (SSSR count). The lowest BCUT2D eigenvalue weighted by Gasteiger charge is -2.16. The quantitative estimate of drug-likeness (QED) is 0.475. The van der Waals surface area contributed by atoms with E-state index < -0.39 is 18.4 Å². The van der Waals surface area contributed by atoms with Crippen molar-refractivity contribution in [2.75, 3.05) is 12.3 Å². The van der Waals surface area contributed by atoms with Gasteiger partial charge in [-0.15, -0.1) is 0 Å². The monoisotopic (exact) mass is 377 g/mol. The maximum atomic E-state index is 9.97. The van der Waals surface area contributed by atoms with E-state index in [1.807, 2.05) is 0 Å². The number of nitrogens with two attached hydrogens (primary N) is 1. The first-order valence-corrected chi connectivity index (χ1v) is 6.89. The smallest absolute Gasteiger partial charge is 0.167 e. The molecule has 8 nitrogen and oxygen atoms in total. The number of aliphatic hydroxyl groups excluding tert-OH is 2.